The Balaban J connectivity index is 2.56. The first-order valence-electron chi connectivity index (χ1n) is 5.03. The predicted octanol–water partition coefficient (Wildman–Crippen LogP) is 0.566. The van der Waals surface area contributed by atoms with Gasteiger partial charge in [0.25, 0.3) is 0 Å². The van der Waals surface area contributed by atoms with Gasteiger partial charge in [-0.25, -0.2) is 0 Å². The highest BCUT2D eigenvalue weighted by Crippen LogP contribution is 2.11. The van der Waals surface area contributed by atoms with Crippen LogP contribution < -0.4 is 5.73 Å². The molecule has 3 N–H and O–H groups in total. The van der Waals surface area contributed by atoms with Crippen LogP contribution in [0.2, 0.25) is 0 Å². The number of aromatic amines is 1. The van der Waals surface area contributed by atoms with Crippen molar-refractivity contribution in [1.82, 2.24) is 14.8 Å². The van der Waals surface area contributed by atoms with E-state index in [1.807, 2.05) is 18.4 Å². The van der Waals surface area contributed by atoms with Gasteiger partial charge in [-0.3, -0.25) is 9.89 Å². The fourth-order valence-corrected chi connectivity index (χ4v) is 1.55. The maximum Gasteiger partial charge on any atom is 0.243 e. The molecule has 0 aromatic carbocycles. The number of H-pyrrole nitrogens is 1. The third-order valence-electron chi connectivity index (χ3n) is 2.01. The molecule has 1 heterocycles. The van der Waals surface area contributed by atoms with Gasteiger partial charge in [0, 0.05) is 5.92 Å². The largest absolute Gasteiger partial charge is 0.370 e. The quantitative estimate of drug-likeness (QED) is 0.565. The number of amides is 1. The Kier molecular flexibility index (Phi) is 4.63. The van der Waals surface area contributed by atoms with Crippen LogP contribution in [0, 0.1) is 4.77 Å². The molecule has 6 nitrogen and oxygen atoms in total. The van der Waals surface area contributed by atoms with Crippen molar-refractivity contribution in [2.45, 2.75) is 26.3 Å². The van der Waals surface area contributed by atoms with Gasteiger partial charge in [0.05, 0.1) is 13.2 Å². The Morgan fingerprint density at radius 2 is 2.38 bits per heavy atom. The molecule has 90 valence electrons. The molecule has 0 unspecified atom stereocenters. The highest BCUT2D eigenvalue weighted by molar-refractivity contribution is 7.71. The minimum atomic E-state index is -0.472. The van der Waals surface area contributed by atoms with Crippen molar-refractivity contribution in [3.8, 4) is 0 Å². The van der Waals surface area contributed by atoms with Crippen LogP contribution >= 0.6 is 12.2 Å². The van der Waals surface area contributed by atoms with Crippen LogP contribution in [0.15, 0.2) is 0 Å². The van der Waals surface area contributed by atoms with Crippen molar-refractivity contribution in [2.24, 2.45) is 5.73 Å². The van der Waals surface area contributed by atoms with E-state index in [0.717, 1.165) is 5.82 Å². The third kappa shape index (κ3) is 3.42. The molecule has 0 saturated heterocycles. The Labute approximate surface area is 98.8 Å². The molecule has 7 heteroatoms. The summed E-state index contributed by atoms with van der Waals surface area (Å²) < 4.78 is 7.50. The zero-order valence-corrected chi connectivity index (χ0v) is 10.2. The van der Waals surface area contributed by atoms with E-state index in [-0.39, 0.29) is 12.5 Å². The van der Waals surface area contributed by atoms with Gasteiger partial charge in [-0.05, 0) is 12.2 Å². The molecule has 0 fully saturated rings. The average molecular weight is 244 g/mol. The van der Waals surface area contributed by atoms with Gasteiger partial charge in [-0.1, -0.05) is 13.8 Å². The van der Waals surface area contributed by atoms with Crippen molar-refractivity contribution in [3.05, 3.63) is 10.6 Å². The van der Waals surface area contributed by atoms with Crippen LogP contribution in [0.3, 0.4) is 0 Å². The SMILES string of the molecule is CC(C)c1n[nH]c(=S)n1CCOCC(N)=O. The van der Waals surface area contributed by atoms with Gasteiger partial charge in [0.1, 0.15) is 12.4 Å². The monoisotopic (exact) mass is 244 g/mol. The van der Waals surface area contributed by atoms with Gasteiger partial charge in [0.2, 0.25) is 5.91 Å². The smallest absolute Gasteiger partial charge is 0.243 e. The van der Waals surface area contributed by atoms with Crippen molar-refractivity contribution in [1.29, 1.82) is 0 Å². The predicted molar refractivity (Wildman–Crippen MR) is 61.5 cm³/mol. The first kappa shape index (κ1) is 12.9. The Bertz CT molecular complexity index is 410. The molecule has 1 aromatic rings. The fourth-order valence-electron chi connectivity index (χ4n) is 1.32. The van der Waals surface area contributed by atoms with Crippen LogP contribution in [0.1, 0.15) is 25.6 Å². The second-order valence-electron chi connectivity index (χ2n) is 3.71. The summed E-state index contributed by atoms with van der Waals surface area (Å²) in [6.07, 6.45) is 0. The van der Waals surface area contributed by atoms with Crippen molar-refractivity contribution in [3.63, 3.8) is 0 Å². The first-order chi connectivity index (χ1) is 7.52. The number of aromatic nitrogens is 3. The van der Waals surface area contributed by atoms with Crippen molar-refractivity contribution >= 4 is 18.1 Å². The number of ether oxygens (including phenoxy) is 1. The zero-order chi connectivity index (χ0) is 12.1. The standard InChI is InChI=1S/C9H16N4O2S/c1-6(2)8-11-12-9(16)13(8)3-4-15-5-7(10)14/h6H,3-5H2,1-2H3,(H2,10,14)(H,12,16). The van der Waals surface area contributed by atoms with Gasteiger partial charge in [-0.15, -0.1) is 0 Å². The number of hydrogen-bond acceptors (Lipinski definition) is 4. The van der Waals surface area contributed by atoms with Crippen LogP contribution in [0.25, 0.3) is 0 Å². The highest BCUT2D eigenvalue weighted by atomic mass is 32.1. The third-order valence-corrected chi connectivity index (χ3v) is 2.32. The van der Waals surface area contributed by atoms with Crippen LogP contribution in [0.5, 0.6) is 0 Å². The minimum Gasteiger partial charge on any atom is -0.370 e. The van der Waals surface area contributed by atoms with E-state index in [1.54, 1.807) is 0 Å². The summed E-state index contributed by atoms with van der Waals surface area (Å²) in [5.74, 6) is 0.691. The molecule has 0 radical (unpaired) electrons. The Hall–Kier alpha value is -1.21. The molecule has 0 aliphatic carbocycles. The van der Waals surface area contributed by atoms with E-state index in [1.165, 1.54) is 0 Å². The van der Waals surface area contributed by atoms with Gasteiger partial charge < -0.3 is 15.0 Å². The summed E-state index contributed by atoms with van der Waals surface area (Å²) in [5, 5.41) is 6.86. The van der Waals surface area contributed by atoms with Gasteiger partial charge >= 0.3 is 0 Å². The maximum absolute atomic E-state index is 10.5. The van der Waals surface area contributed by atoms with E-state index < -0.39 is 5.91 Å². The number of nitrogens with one attached hydrogen (secondary N) is 1. The maximum atomic E-state index is 10.5. The zero-order valence-electron chi connectivity index (χ0n) is 9.40. The lowest BCUT2D eigenvalue weighted by Crippen LogP contribution is -2.20. The lowest BCUT2D eigenvalue weighted by atomic mass is 10.2. The minimum absolute atomic E-state index is 0.0673. The molecule has 0 saturated carbocycles. The number of primary amides is 1. The lowest BCUT2D eigenvalue weighted by molar-refractivity contribution is -0.122. The number of hydrogen-bond donors (Lipinski definition) is 2. The molecule has 1 amide bonds. The second-order valence-corrected chi connectivity index (χ2v) is 4.10. The van der Waals surface area contributed by atoms with E-state index in [9.17, 15) is 4.79 Å². The molecular weight excluding hydrogens is 228 g/mol. The van der Waals surface area contributed by atoms with Gasteiger partial charge in [-0.2, -0.15) is 5.10 Å². The summed E-state index contributed by atoms with van der Waals surface area (Å²) in [4.78, 5) is 10.5. The van der Waals surface area contributed by atoms with E-state index in [2.05, 4.69) is 10.2 Å². The number of nitrogens with two attached hydrogens (primary N) is 1. The molecule has 0 atom stereocenters. The summed E-state index contributed by atoms with van der Waals surface area (Å²) in [7, 11) is 0. The molecule has 0 spiro atoms. The number of nitrogens with zero attached hydrogens (tertiary/aromatic N) is 2. The van der Waals surface area contributed by atoms with Crippen LogP contribution in [-0.2, 0) is 16.1 Å². The van der Waals surface area contributed by atoms with E-state index in [0.29, 0.717) is 17.9 Å². The highest BCUT2D eigenvalue weighted by Gasteiger charge is 2.09. The van der Waals surface area contributed by atoms with Crippen molar-refractivity contribution in [2.75, 3.05) is 13.2 Å². The molecule has 0 aliphatic rings. The number of rotatable bonds is 6. The molecule has 0 bridgehead atoms. The normalized spacial score (nSPS) is 10.9. The topological polar surface area (TPSA) is 85.9 Å². The summed E-state index contributed by atoms with van der Waals surface area (Å²) in [6.45, 7) is 4.95. The van der Waals surface area contributed by atoms with Gasteiger partial charge in [0.15, 0.2) is 4.77 Å². The van der Waals surface area contributed by atoms with E-state index in [4.69, 9.17) is 22.7 Å². The Morgan fingerprint density at radius 1 is 1.69 bits per heavy atom. The summed E-state index contributed by atoms with van der Waals surface area (Å²) in [6, 6.07) is 0. The van der Waals surface area contributed by atoms with Crippen LogP contribution in [-0.4, -0.2) is 33.9 Å². The average Bonchev–Trinajstić information content (AvgIpc) is 2.54. The summed E-state index contributed by atoms with van der Waals surface area (Å²) >= 11 is 5.09. The molecule has 0 aliphatic heterocycles. The summed E-state index contributed by atoms with van der Waals surface area (Å²) in [5.41, 5.74) is 4.95. The Morgan fingerprint density at radius 3 is 2.94 bits per heavy atom. The van der Waals surface area contributed by atoms with Crippen molar-refractivity contribution < 1.29 is 9.53 Å². The number of carbonyl (C=O) groups excluding carboxylic acids is 1. The van der Waals surface area contributed by atoms with E-state index >= 15 is 0 Å². The lowest BCUT2D eigenvalue weighted by Gasteiger charge is -2.08. The second kappa shape index (κ2) is 5.76. The molecule has 1 rings (SSSR count). The molecule has 1 aromatic heterocycles. The molecular formula is C9H16N4O2S. The van der Waals surface area contributed by atoms with Crippen LogP contribution in [0.4, 0.5) is 0 Å². The fraction of sp³-hybridized carbons (Fsp3) is 0.667. The molecule has 16 heavy (non-hydrogen) atoms. The number of carbonyl (C=O) groups is 1. The first-order valence-corrected chi connectivity index (χ1v) is 5.44.